The maximum absolute atomic E-state index is 11.8. The molecule has 0 aliphatic carbocycles. The molecule has 0 radical (unpaired) electrons. The lowest BCUT2D eigenvalue weighted by Gasteiger charge is -2.27. The molecule has 0 aromatic carbocycles. The molecule has 94 valence electrons. The van der Waals surface area contributed by atoms with Crippen LogP contribution in [0, 0.1) is 0 Å². The van der Waals surface area contributed by atoms with E-state index in [1.807, 2.05) is 18.7 Å². The van der Waals surface area contributed by atoms with Gasteiger partial charge in [-0.05, 0) is 21.8 Å². The van der Waals surface area contributed by atoms with Crippen molar-refractivity contribution in [1.29, 1.82) is 0 Å². The Morgan fingerprint density at radius 3 is 2.65 bits per heavy atom. The number of hydrogen-bond acceptors (Lipinski definition) is 4. The molecule has 1 aromatic heterocycles. The zero-order valence-corrected chi connectivity index (χ0v) is 11.6. The summed E-state index contributed by atoms with van der Waals surface area (Å²) < 4.78 is 5.81. The van der Waals surface area contributed by atoms with E-state index >= 15 is 0 Å². The molecule has 5 nitrogen and oxygen atoms in total. The Kier molecular flexibility index (Phi) is 3.83. The van der Waals surface area contributed by atoms with Crippen LogP contribution in [0.5, 0.6) is 0 Å². The molecule has 1 aliphatic rings. The SMILES string of the molecule is CC(C)c1nc(N2CCOCC2)[nH]c(=O)c1Br. The fraction of sp³-hybridized carbons (Fsp3) is 0.636. The van der Waals surface area contributed by atoms with Crippen molar-refractivity contribution in [2.75, 3.05) is 31.2 Å². The van der Waals surface area contributed by atoms with Gasteiger partial charge in [-0.2, -0.15) is 0 Å². The summed E-state index contributed by atoms with van der Waals surface area (Å²) in [5.74, 6) is 0.858. The van der Waals surface area contributed by atoms with Crippen LogP contribution in [0.25, 0.3) is 0 Å². The number of morpholine rings is 1. The van der Waals surface area contributed by atoms with Gasteiger partial charge >= 0.3 is 0 Å². The largest absolute Gasteiger partial charge is 0.378 e. The van der Waals surface area contributed by atoms with Crippen LogP contribution in [0.2, 0.25) is 0 Å². The molecular formula is C11H16BrN3O2. The first-order valence-corrected chi connectivity index (χ1v) is 6.51. The molecule has 6 heteroatoms. The number of rotatable bonds is 2. The van der Waals surface area contributed by atoms with Gasteiger partial charge in [0.15, 0.2) is 0 Å². The highest BCUT2D eigenvalue weighted by atomic mass is 79.9. The quantitative estimate of drug-likeness (QED) is 0.899. The third-order valence-electron chi connectivity index (χ3n) is 2.73. The fourth-order valence-corrected chi connectivity index (χ4v) is 2.42. The lowest BCUT2D eigenvalue weighted by Crippen LogP contribution is -2.38. The van der Waals surface area contributed by atoms with E-state index in [1.165, 1.54) is 0 Å². The number of nitrogens with zero attached hydrogens (tertiary/aromatic N) is 2. The number of ether oxygens (including phenoxy) is 1. The first-order valence-electron chi connectivity index (χ1n) is 5.72. The van der Waals surface area contributed by atoms with Crippen molar-refractivity contribution in [2.45, 2.75) is 19.8 Å². The second-order valence-corrected chi connectivity index (χ2v) is 5.14. The molecule has 0 amide bonds. The topological polar surface area (TPSA) is 58.2 Å². The number of aromatic nitrogens is 2. The van der Waals surface area contributed by atoms with Crippen LogP contribution in [0.15, 0.2) is 9.27 Å². The Labute approximate surface area is 108 Å². The third-order valence-corrected chi connectivity index (χ3v) is 3.50. The molecule has 1 saturated heterocycles. The van der Waals surface area contributed by atoms with Crippen molar-refractivity contribution in [3.8, 4) is 0 Å². The van der Waals surface area contributed by atoms with Crippen molar-refractivity contribution < 1.29 is 4.74 Å². The minimum atomic E-state index is -0.120. The van der Waals surface area contributed by atoms with Crippen LogP contribution in [0.4, 0.5) is 5.95 Å². The Hall–Kier alpha value is -0.880. The van der Waals surface area contributed by atoms with Crippen LogP contribution in [0.3, 0.4) is 0 Å². The van der Waals surface area contributed by atoms with Gasteiger partial charge in [0, 0.05) is 13.1 Å². The monoisotopic (exact) mass is 301 g/mol. The summed E-state index contributed by atoms with van der Waals surface area (Å²) in [5.41, 5.74) is 0.681. The van der Waals surface area contributed by atoms with Gasteiger partial charge in [-0.25, -0.2) is 4.98 Å². The van der Waals surface area contributed by atoms with Gasteiger partial charge < -0.3 is 9.64 Å². The van der Waals surface area contributed by atoms with E-state index in [1.54, 1.807) is 0 Å². The van der Waals surface area contributed by atoms with Crippen molar-refractivity contribution in [2.24, 2.45) is 0 Å². The number of nitrogens with one attached hydrogen (secondary N) is 1. The zero-order valence-electron chi connectivity index (χ0n) is 9.99. The van der Waals surface area contributed by atoms with Crippen LogP contribution >= 0.6 is 15.9 Å². The molecule has 0 unspecified atom stereocenters. The van der Waals surface area contributed by atoms with Crippen LogP contribution < -0.4 is 10.5 Å². The second-order valence-electron chi connectivity index (χ2n) is 4.34. The summed E-state index contributed by atoms with van der Waals surface area (Å²) in [7, 11) is 0. The van der Waals surface area contributed by atoms with Gasteiger partial charge in [-0.1, -0.05) is 13.8 Å². The summed E-state index contributed by atoms with van der Waals surface area (Å²) in [6, 6.07) is 0. The van der Waals surface area contributed by atoms with Crippen molar-refractivity contribution in [3.05, 3.63) is 20.5 Å². The fourth-order valence-electron chi connectivity index (χ4n) is 1.77. The molecule has 0 bridgehead atoms. The van der Waals surface area contributed by atoms with Crippen molar-refractivity contribution in [1.82, 2.24) is 9.97 Å². The Balaban J connectivity index is 2.37. The smallest absolute Gasteiger partial charge is 0.266 e. The van der Waals surface area contributed by atoms with E-state index < -0.39 is 0 Å². The molecule has 2 heterocycles. The molecular weight excluding hydrogens is 286 g/mol. The Bertz CT molecular complexity index is 453. The van der Waals surface area contributed by atoms with Gasteiger partial charge in [-0.15, -0.1) is 0 Å². The first-order chi connectivity index (χ1) is 8.09. The maximum Gasteiger partial charge on any atom is 0.266 e. The number of halogens is 1. The molecule has 1 fully saturated rings. The Morgan fingerprint density at radius 1 is 1.41 bits per heavy atom. The highest BCUT2D eigenvalue weighted by molar-refractivity contribution is 9.10. The van der Waals surface area contributed by atoms with Crippen LogP contribution in [0.1, 0.15) is 25.5 Å². The highest BCUT2D eigenvalue weighted by Crippen LogP contribution is 2.21. The second kappa shape index (κ2) is 5.18. The van der Waals surface area contributed by atoms with Gasteiger partial charge in [0.25, 0.3) is 5.56 Å². The summed E-state index contributed by atoms with van der Waals surface area (Å²) in [5, 5.41) is 0. The summed E-state index contributed by atoms with van der Waals surface area (Å²) in [6.07, 6.45) is 0. The average Bonchev–Trinajstić information content (AvgIpc) is 2.33. The predicted octanol–water partition coefficient (Wildman–Crippen LogP) is 1.49. The molecule has 1 N–H and O–H groups in total. The maximum atomic E-state index is 11.8. The van der Waals surface area contributed by atoms with Gasteiger partial charge in [-0.3, -0.25) is 9.78 Å². The molecule has 17 heavy (non-hydrogen) atoms. The van der Waals surface area contributed by atoms with E-state index in [4.69, 9.17) is 4.74 Å². The molecule has 2 rings (SSSR count). The standard InChI is InChI=1S/C11H16BrN3O2/c1-7(2)9-8(12)10(16)14-11(13-9)15-3-5-17-6-4-15/h7H,3-6H2,1-2H3,(H,13,14,16). The van der Waals surface area contributed by atoms with E-state index in [9.17, 15) is 4.79 Å². The van der Waals surface area contributed by atoms with E-state index in [0.29, 0.717) is 23.6 Å². The minimum absolute atomic E-state index is 0.120. The molecule has 0 atom stereocenters. The minimum Gasteiger partial charge on any atom is -0.378 e. The number of hydrogen-bond donors (Lipinski definition) is 1. The van der Waals surface area contributed by atoms with E-state index in [0.717, 1.165) is 18.8 Å². The number of H-pyrrole nitrogens is 1. The van der Waals surface area contributed by atoms with Gasteiger partial charge in [0.1, 0.15) is 4.47 Å². The third kappa shape index (κ3) is 2.69. The lowest BCUT2D eigenvalue weighted by molar-refractivity contribution is 0.122. The summed E-state index contributed by atoms with van der Waals surface area (Å²) in [6.45, 7) is 6.93. The molecule has 0 spiro atoms. The Morgan fingerprint density at radius 2 is 2.06 bits per heavy atom. The zero-order chi connectivity index (χ0) is 12.4. The van der Waals surface area contributed by atoms with Gasteiger partial charge in [0.05, 0.1) is 18.9 Å². The van der Waals surface area contributed by atoms with Crippen LogP contribution in [-0.2, 0) is 4.74 Å². The molecule has 1 aliphatic heterocycles. The number of aromatic amines is 1. The average molecular weight is 302 g/mol. The van der Waals surface area contributed by atoms with Crippen molar-refractivity contribution >= 4 is 21.9 Å². The molecule has 1 aromatic rings. The predicted molar refractivity (Wildman–Crippen MR) is 69.7 cm³/mol. The normalized spacial score (nSPS) is 16.6. The van der Waals surface area contributed by atoms with Crippen LogP contribution in [-0.4, -0.2) is 36.3 Å². The lowest BCUT2D eigenvalue weighted by atomic mass is 10.1. The highest BCUT2D eigenvalue weighted by Gasteiger charge is 2.17. The van der Waals surface area contributed by atoms with E-state index in [2.05, 4.69) is 25.9 Å². The van der Waals surface area contributed by atoms with Gasteiger partial charge in [0.2, 0.25) is 5.95 Å². The number of anilines is 1. The summed E-state index contributed by atoms with van der Waals surface area (Å²) >= 11 is 3.29. The summed E-state index contributed by atoms with van der Waals surface area (Å²) in [4.78, 5) is 21.2. The first kappa shape index (κ1) is 12.6. The molecule has 0 saturated carbocycles. The van der Waals surface area contributed by atoms with E-state index in [-0.39, 0.29) is 11.5 Å². The van der Waals surface area contributed by atoms with Crippen molar-refractivity contribution in [3.63, 3.8) is 0 Å².